The average Bonchev–Trinajstić information content (AvgIpc) is 3.30. The molecule has 0 spiro atoms. The van der Waals surface area contributed by atoms with Gasteiger partial charge in [0.1, 0.15) is 0 Å². The van der Waals surface area contributed by atoms with Crippen LogP contribution in [0.4, 0.5) is 5.95 Å². The predicted octanol–water partition coefficient (Wildman–Crippen LogP) is 3.61. The van der Waals surface area contributed by atoms with Crippen LogP contribution in [-0.2, 0) is 4.74 Å². The highest BCUT2D eigenvalue weighted by molar-refractivity contribution is 5.79. The molecule has 0 amide bonds. The van der Waals surface area contributed by atoms with E-state index in [4.69, 9.17) is 9.72 Å². The SMILES string of the molecule is COC1(Nc2ncc(C)c(-c3cnn4ccccc34)n2)C=C([N+](=O)[O-])C(C2=CCN(C)CC2)=CC1. The highest BCUT2D eigenvalue weighted by atomic mass is 16.6. The van der Waals surface area contributed by atoms with E-state index in [0.717, 1.165) is 47.4 Å². The van der Waals surface area contributed by atoms with Gasteiger partial charge in [-0.05, 0) is 43.7 Å². The number of allylic oxidation sites excluding steroid dienone is 1. The maximum atomic E-state index is 12.0. The summed E-state index contributed by atoms with van der Waals surface area (Å²) in [7, 11) is 3.56. The summed E-state index contributed by atoms with van der Waals surface area (Å²) in [5, 5.41) is 19.7. The molecule has 3 aromatic rings. The van der Waals surface area contributed by atoms with Gasteiger partial charge in [0, 0.05) is 50.7 Å². The topological polar surface area (TPSA) is 111 Å². The Bertz CT molecular complexity index is 1390. The zero-order valence-corrected chi connectivity index (χ0v) is 19.9. The van der Waals surface area contributed by atoms with Gasteiger partial charge in [-0.15, -0.1) is 0 Å². The van der Waals surface area contributed by atoms with Crippen LogP contribution in [0.5, 0.6) is 0 Å². The number of rotatable bonds is 6. The van der Waals surface area contributed by atoms with Gasteiger partial charge in [-0.2, -0.15) is 5.10 Å². The van der Waals surface area contributed by atoms with Gasteiger partial charge < -0.3 is 15.0 Å². The first kappa shape index (κ1) is 22.9. The van der Waals surface area contributed by atoms with Gasteiger partial charge in [0.2, 0.25) is 5.95 Å². The Balaban J connectivity index is 1.48. The van der Waals surface area contributed by atoms with E-state index in [9.17, 15) is 10.1 Å². The molecule has 0 radical (unpaired) electrons. The molecule has 5 rings (SSSR count). The second-order valence-electron chi connectivity index (χ2n) is 8.88. The Morgan fingerprint density at radius 3 is 2.86 bits per heavy atom. The second-order valence-corrected chi connectivity index (χ2v) is 8.88. The largest absolute Gasteiger partial charge is 0.355 e. The zero-order valence-electron chi connectivity index (χ0n) is 19.9. The van der Waals surface area contributed by atoms with E-state index in [1.807, 2.05) is 44.4 Å². The van der Waals surface area contributed by atoms with E-state index >= 15 is 0 Å². The second kappa shape index (κ2) is 9.05. The van der Waals surface area contributed by atoms with Crippen LogP contribution in [0, 0.1) is 17.0 Å². The molecule has 35 heavy (non-hydrogen) atoms. The van der Waals surface area contributed by atoms with Crippen LogP contribution in [0.3, 0.4) is 0 Å². The molecule has 10 nitrogen and oxygen atoms in total. The first-order valence-corrected chi connectivity index (χ1v) is 11.4. The fraction of sp³-hybridized carbons (Fsp3) is 0.320. The number of nitrogens with one attached hydrogen (secondary N) is 1. The normalized spacial score (nSPS) is 20.8. The number of aryl methyl sites for hydroxylation is 1. The molecule has 1 aliphatic carbocycles. The lowest BCUT2D eigenvalue weighted by atomic mass is 9.89. The molecule has 1 unspecified atom stereocenters. The van der Waals surface area contributed by atoms with Gasteiger partial charge in [-0.1, -0.05) is 18.2 Å². The average molecular weight is 474 g/mol. The van der Waals surface area contributed by atoms with Gasteiger partial charge in [0.05, 0.1) is 27.9 Å². The van der Waals surface area contributed by atoms with Crippen molar-refractivity contribution in [1.29, 1.82) is 0 Å². The molecule has 180 valence electrons. The number of likely N-dealkylation sites (N-methyl/N-ethyl adjacent to an activating group) is 1. The van der Waals surface area contributed by atoms with E-state index in [2.05, 4.69) is 26.4 Å². The number of ether oxygens (including phenoxy) is 1. The summed E-state index contributed by atoms with van der Waals surface area (Å²) in [5.74, 6) is 0.317. The highest BCUT2D eigenvalue weighted by Crippen LogP contribution is 2.35. The number of nitro groups is 1. The van der Waals surface area contributed by atoms with Crippen LogP contribution >= 0.6 is 0 Å². The van der Waals surface area contributed by atoms with Crippen LogP contribution in [0.15, 0.2) is 71.9 Å². The fourth-order valence-corrected chi connectivity index (χ4v) is 4.54. The third-order valence-corrected chi connectivity index (χ3v) is 6.55. The van der Waals surface area contributed by atoms with Crippen molar-refractivity contribution in [3.05, 3.63) is 87.5 Å². The van der Waals surface area contributed by atoms with E-state index < -0.39 is 5.72 Å². The summed E-state index contributed by atoms with van der Waals surface area (Å²) in [6, 6.07) is 5.84. The lowest BCUT2D eigenvalue weighted by Crippen LogP contribution is -2.41. The Morgan fingerprint density at radius 1 is 1.26 bits per heavy atom. The Kier molecular flexibility index (Phi) is 5.91. The third kappa shape index (κ3) is 4.33. The van der Waals surface area contributed by atoms with E-state index in [1.54, 1.807) is 23.0 Å². The first-order chi connectivity index (χ1) is 16.9. The minimum atomic E-state index is -1.15. The van der Waals surface area contributed by atoms with Crippen molar-refractivity contribution in [2.45, 2.75) is 25.5 Å². The number of hydrogen-bond donors (Lipinski definition) is 1. The lowest BCUT2D eigenvalue weighted by molar-refractivity contribution is -0.421. The summed E-state index contributed by atoms with van der Waals surface area (Å²) in [6.07, 6.45) is 12.0. The molecule has 0 fully saturated rings. The molecule has 0 bridgehead atoms. The van der Waals surface area contributed by atoms with Gasteiger partial charge >= 0.3 is 0 Å². The maximum Gasteiger partial charge on any atom is 0.277 e. The van der Waals surface area contributed by atoms with Crippen molar-refractivity contribution >= 4 is 11.5 Å². The van der Waals surface area contributed by atoms with Crippen LogP contribution in [0.25, 0.3) is 16.8 Å². The molecule has 3 aromatic heterocycles. The third-order valence-electron chi connectivity index (χ3n) is 6.55. The Labute approximate surface area is 202 Å². The molecule has 1 atom stereocenters. The molecule has 0 saturated heterocycles. The molecular weight excluding hydrogens is 446 g/mol. The Morgan fingerprint density at radius 2 is 2.11 bits per heavy atom. The number of pyridine rings is 1. The summed E-state index contributed by atoms with van der Waals surface area (Å²) in [6.45, 7) is 3.58. The summed E-state index contributed by atoms with van der Waals surface area (Å²) < 4.78 is 7.58. The maximum absolute atomic E-state index is 12.0. The van der Waals surface area contributed by atoms with Crippen LogP contribution in [0.1, 0.15) is 18.4 Å². The molecular formula is C25H27N7O3. The number of methoxy groups -OCH3 is 1. The number of aromatic nitrogens is 4. The minimum Gasteiger partial charge on any atom is -0.355 e. The van der Waals surface area contributed by atoms with Crippen molar-refractivity contribution in [2.75, 3.05) is 32.6 Å². The zero-order chi connectivity index (χ0) is 24.6. The Hall–Kier alpha value is -3.89. The number of nitrogens with zero attached hydrogens (tertiary/aromatic N) is 6. The number of hydrogen-bond acceptors (Lipinski definition) is 8. The molecule has 0 saturated carbocycles. The standard InChI is InChI=1S/C25H27N7O3/c1-17-15-26-24(28-23(17)20-16-27-31-11-5-4-6-21(20)31)29-25(35-3)10-7-19(22(14-25)32(33)34)18-8-12-30(2)13-9-18/h4-8,11,14-16H,9-10,12-13H2,1-3H3,(H,26,28,29). The summed E-state index contributed by atoms with van der Waals surface area (Å²) in [5.41, 5.74) is 3.96. The van der Waals surface area contributed by atoms with Gasteiger partial charge in [0.25, 0.3) is 5.70 Å². The first-order valence-electron chi connectivity index (χ1n) is 11.4. The van der Waals surface area contributed by atoms with Crippen molar-refractivity contribution < 1.29 is 9.66 Å². The van der Waals surface area contributed by atoms with Crippen LogP contribution in [0.2, 0.25) is 0 Å². The highest BCUT2D eigenvalue weighted by Gasteiger charge is 2.38. The number of fused-ring (bicyclic) bond motifs is 1. The van der Waals surface area contributed by atoms with E-state index in [1.165, 1.54) is 7.11 Å². The smallest absolute Gasteiger partial charge is 0.277 e. The lowest BCUT2D eigenvalue weighted by Gasteiger charge is -2.33. The van der Waals surface area contributed by atoms with Gasteiger partial charge in [0.15, 0.2) is 5.72 Å². The van der Waals surface area contributed by atoms with Crippen molar-refractivity contribution in [1.82, 2.24) is 24.5 Å². The quantitative estimate of drug-likeness (QED) is 0.328. The molecule has 0 aromatic carbocycles. The van der Waals surface area contributed by atoms with Crippen molar-refractivity contribution in [2.24, 2.45) is 0 Å². The molecule has 4 heterocycles. The molecule has 2 aliphatic rings. The van der Waals surface area contributed by atoms with Gasteiger partial charge in [-0.3, -0.25) is 10.1 Å². The van der Waals surface area contributed by atoms with E-state index in [0.29, 0.717) is 17.9 Å². The number of anilines is 1. The summed E-state index contributed by atoms with van der Waals surface area (Å²) in [4.78, 5) is 23.1. The monoisotopic (exact) mass is 473 g/mol. The van der Waals surface area contributed by atoms with Crippen LogP contribution < -0.4 is 5.32 Å². The predicted molar refractivity (Wildman–Crippen MR) is 132 cm³/mol. The fourth-order valence-electron chi connectivity index (χ4n) is 4.54. The molecule has 10 heteroatoms. The molecule has 1 aliphatic heterocycles. The van der Waals surface area contributed by atoms with Crippen molar-refractivity contribution in [3.63, 3.8) is 0 Å². The minimum absolute atomic E-state index is 0.0244. The van der Waals surface area contributed by atoms with E-state index in [-0.39, 0.29) is 10.6 Å². The summed E-state index contributed by atoms with van der Waals surface area (Å²) >= 11 is 0. The van der Waals surface area contributed by atoms with Crippen LogP contribution in [-0.4, -0.2) is 62.4 Å². The van der Waals surface area contributed by atoms with Gasteiger partial charge in [-0.25, -0.2) is 14.5 Å². The van der Waals surface area contributed by atoms with Crippen molar-refractivity contribution in [3.8, 4) is 11.3 Å². The molecule has 1 N–H and O–H groups in total.